The number of ether oxygens (including phenoxy) is 2. The minimum atomic E-state index is -0.0253. The third-order valence-corrected chi connectivity index (χ3v) is 4.42. The Kier molecular flexibility index (Phi) is 5.20. The maximum absolute atomic E-state index is 12.6. The van der Waals surface area contributed by atoms with Crippen LogP contribution in [0.4, 0.5) is 0 Å². The fourth-order valence-corrected chi connectivity index (χ4v) is 3.09. The van der Waals surface area contributed by atoms with E-state index in [0.29, 0.717) is 11.3 Å². The molecule has 0 aliphatic carbocycles. The third kappa shape index (κ3) is 3.92. The van der Waals surface area contributed by atoms with Gasteiger partial charge in [0.25, 0.3) is 5.91 Å². The van der Waals surface area contributed by atoms with Crippen molar-refractivity contribution < 1.29 is 14.3 Å². The number of hydrogen-bond donors (Lipinski definition) is 0. The van der Waals surface area contributed by atoms with Crippen LogP contribution in [0.5, 0.6) is 11.5 Å². The van der Waals surface area contributed by atoms with E-state index in [-0.39, 0.29) is 18.6 Å². The van der Waals surface area contributed by atoms with Gasteiger partial charge < -0.3 is 14.4 Å². The standard InChI is InChI=1S/C20H20N2O3/c1-24-17-10-6-16(7-11-17)19-3-2-12-22(19)20(23)14-25-18-8-4-15(13-21)5-9-18/h4-11,19H,2-3,12,14H2,1H3/t19-/m0/s1. The normalized spacial score (nSPS) is 16.3. The van der Waals surface area contributed by atoms with Gasteiger partial charge in [-0.15, -0.1) is 0 Å². The summed E-state index contributed by atoms with van der Waals surface area (Å²) in [6.07, 6.45) is 1.94. The molecule has 128 valence electrons. The highest BCUT2D eigenvalue weighted by Gasteiger charge is 2.30. The number of carbonyl (C=O) groups excluding carboxylic acids is 1. The number of benzene rings is 2. The molecule has 1 heterocycles. The van der Waals surface area contributed by atoms with Crippen molar-refractivity contribution in [3.63, 3.8) is 0 Å². The SMILES string of the molecule is COc1ccc([C@@H]2CCCN2C(=O)COc2ccc(C#N)cc2)cc1. The smallest absolute Gasteiger partial charge is 0.261 e. The molecule has 2 aromatic rings. The Morgan fingerprint density at radius 3 is 2.48 bits per heavy atom. The van der Waals surface area contributed by atoms with Crippen LogP contribution < -0.4 is 9.47 Å². The molecule has 3 rings (SSSR count). The average molecular weight is 336 g/mol. The molecule has 0 unspecified atom stereocenters. The molecule has 0 radical (unpaired) electrons. The zero-order chi connectivity index (χ0) is 17.6. The topological polar surface area (TPSA) is 62.6 Å². The average Bonchev–Trinajstić information content (AvgIpc) is 3.16. The second-order valence-electron chi connectivity index (χ2n) is 5.94. The molecule has 25 heavy (non-hydrogen) atoms. The minimum Gasteiger partial charge on any atom is -0.497 e. The van der Waals surface area contributed by atoms with Gasteiger partial charge >= 0.3 is 0 Å². The molecule has 0 bridgehead atoms. The summed E-state index contributed by atoms with van der Waals surface area (Å²) in [5, 5.41) is 8.80. The first-order chi connectivity index (χ1) is 12.2. The van der Waals surface area contributed by atoms with Gasteiger partial charge in [0.15, 0.2) is 6.61 Å². The summed E-state index contributed by atoms with van der Waals surface area (Å²) >= 11 is 0. The Hall–Kier alpha value is -3.00. The van der Waals surface area contributed by atoms with E-state index in [1.807, 2.05) is 29.2 Å². The van der Waals surface area contributed by atoms with Crippen molar-refractivity contribution in [2.45, 2.75) is 18.9 Å². The Balaban J connectivity index is 1.62. The second-order valence-corrected chi connectivity index (χ2v) is 5.94. The van der Waals surface area contributed by atoms with E-state index < -0.39 is 0 Å². The minimum absolute atomic E-state index is 0.00143. The van der Waals surface area contributed by atoms with Crippen molar-refractivity contribution in [3.05, 3.63) is 59.7 Å². The van der Waals surface area contributed by atoms with Crippen molar-refractivity contribution in [1.82, 2.24) is 4.90 Å². The highest BCUT2D eigenvalue weighted by molar-refractivity contribution is 5.78. The van der Waals surface area contributed by atoms with Gasteiger partial charge in [0, 0.05) is 6.54 Å². The lowest BCUT2D eigenvalue weighted by atomic mass is 10.0. The van der Waals surface area contributed by atoms with Crippen LogP contribution in [0.2, 0.25) is 0 Å². The van der Waals surface area contributed by atoms with Crippen LogP contribution in [0.25, 0.3) is 0 Å². The first-order valence-electron chi connectivity index (χ1n) is 8.27. The van der Waals surface area contributed by atoms with E-state index in [9.17, 15) is 4.79 Å². The van der Waals surface area contributed by atoms with Crippen LogP contribution >= 0.6 is 0 Å². The van der Waals surface area contributed by atoms with E-state index >= 15 is 0 Å². The van der Waals surface area contributed by atoms with Crippen LogP contribution in [-0.4, -0.2) is 31.1 Å². The van der Waals surface area contributed by atoms with Crippen LogP contribution in [-0.2, 0) is 4.79 Å². The van der Waals surface area contributed by atoms with Crippen molar-refractivity contribution in [2.24, 2.45) is 0 Å². The molecule has 1 fully saturated rings. The molecule has 5 nitrogen and oxygen atoms in total. The molecular weight excluding hydrogens is 316 g/mol. The Bertz CT molecular complexity index is 763. The maximum Gasteiger partial charge on any atom is 0.261 e. The summed E-state index contributed by atoms with van der Waals surface area (Å²) in [5.74, 6) is 1.37. The summed E-state index contributed by atoms with van der Waals surface area (Å²) in [7, 11) is 1.64. The van der Waals surface area contributed by atoms with Gasteiger partial charge in [-0.2, -0.15) is 5.26 Å². The third-order valence-electron chi connectivity index (χ3n) is 4.42. The predicted molar refractivity (Wildman–Crippen MR) is 93.3 cm³/mol. The summed E-state index contributed by atoms with van der Waals surface area (Å²) in [6, 6.07) is 16.8. The van der Waals surface area contributed by atoms with Crippen LogP contribution in [0, 0.1) is 11.3 Å². The number of carbonyl (C=O) groups is 1. The lowest BCUT2D eigenvalue weighted by Crippen LogP contribution is -2.34. The molecule has 1 amide bonds. The van der Waals surface area contributed by atoms with E-state index in [4.69, 9.17) is 14.7 Å². The van der Waals surface area contributed by atoms with Gasteiger partial charge in [0.05, 0.1) is 24.8 Å². The molecule has 0 saturated carbocycles. The van der Waals surface area contributed by atoms with E-state index in [2.05, 4.69) is 6.07 Å². The maximum atomic E-state index is 12.6. The van der Waals surface area contributed by atoms with Gasteiger partial charge in [-0.1, -0.05) is 12.1 Å². The Morgan fingerprint density at radius 2 is 1.84 bits per heavy atom. The molecule has 2 aromatic carbocycles. The van der Waals surface area contributed by atoms with Gasteiger partial charge in [0.2, 0.25) is 0 Å². The highest BCUT2D eigenvalue weighted by Crippen LogP contribution is 2.32. The van der Waals surface area contributed by atoms with Crippen molar-refractivity contribution in [2.75, 3.05) is 20.3 Å². The molecule has 0 aromatic heterocycles. The fourth-order valence-electron chi connectivity index (χ4n) is 3.09. The van der Waals surface area contributed by atoms with Gasteiger partial charge in [-0.05, 0) is 54.8 Å². The summed E-state index contributed by atoms with van der Waals surface area (Å²) in [6.45, 7) is 0.741. The number of rotatable bonds is 5. The lowest BCUT2D eigenvalue weighted by molar-refractivity contribution is -0.134. The number of hydrogen-bond acceptors (Lipinski definition) is 4. The largest absolute Gasteiger partial charge is 0.497 e. The zero-order valence-electron chi connectivity index (χ0n) is 14.1. The van der Waals surface area contributed by atoms with Crippen LogP contribution in [0.3, 0.4) is 0 Å². The summed E-state index contributed by atoms with van der Waals surface area (Å²) < 4.78 is 10.8. The first-order valence-corrected chi connectivity index (χ1v) is 8.27. The zero-order valence-corrected chi connectivity index (χ0v) is 14.1. The van der Waals surface area contributed by atoms with Crippen molar-refractivity contribution >= 4 is 5.91 Å². The number of methoxy groups -OCH3 is 1. The monoisotopic (exact) mass is 336 g/mol. The van der Waals surface area contributed by atoms with Crippen LogP contribution in [0.15, 0.2) is 48.5 Å². The number of likely N-dealkylation sites (tertiary alicyclic amines) is 1. The van der Waals surface area contributed by atoms with Gasteiger partial charge in [0.1, 0.15) is 11.5 Å². The van der Waals surface area contributed by atoms with Crippen molar-refractivity contribution in [3.8, 4) is 17.6 Å². The number of amides is 1. The molecule has 0 N–H and O–H groups in total. The molecule has 1 saturated heterocycles. The van der Waals surface area contributed by atoms with Crippen LogP contribution in [0.1, 0.15) is 30.0 Å². The Labute approximate surface area is 147 Å². The quantitative estimate of drug-likeness (QED) is 0.840. The van der Waals surface area contributed by atoms with E-state index in [1.54, 1.807) is 31.4 Å². The van der Waals surface area contributed by atoms with Gasteiger partial charge in [-0.25, -0.2) is 0 Å². The molecule has 1 aliphatic rings. The predicted octanol–water partition coefficient (Wildman–Crippen LogP) is 3.31. The molecule has 5 heteroatoms. The number of nitriles is 1. The van der Waals surface area contributed by atoms with Gasteiger partial charge in [-0.3, -0.25) is 4.79 Å². The molecule has 0 spiro atoms. The van der Waals surface area contributed by atoms with E-state index in [0.717, 1.165) is 30.7 Å². The molecular formula is C20H20N2O3. The molecule has 1 atom stereocenters. The fraction of sp³-hybridized carbons (Fsp3) is 0.300. The second kappa shape index (κ2) is 7.71. The number of nitrogens with zero attached hydrogens (tertiary/aromatic N) is 2. The highest BCUT2D eigenvalue weighted by atomic mass is 16.5. The van der Waals surface area contributed by atoms with Crippen molar-refractivity contribution in [1.29, 1.82) is 5.26 Å². The lowest BCUT2D eigenvalue weighted by Gasteiger charge is -2.25. The molecule has 1 aliphatic heterocycles. The Morgan fingerprint density at radius 1 is 1.16 bits per heavy atom. The summed E-state index contributed by atoms with van der Waals surface area (Å²) in [4.78, 5) is 14.5. The first kappa shape index (κ1) is 16.8. The summed E-state index contributed by atoms with van der Waals surface area (Å²) in [5.41, 5.74) is 1.68. The van der Waals surface area contributed by atoms with E-state index in [1.165, 1.54) is 0 Å².